The Labute approximate surface area is 118 Å². The predicted molar refractivity (Wildman–Crippen MR) is 79.0 cm³/mol. The second kappa shape index (κ2) is 8.95. The third-order valence-electron chi connectivity index (χ3n) is 2.49. The maximum Gasteiger partial charge on any atom is 0.191 e. The van der Waals surface area contributed by atoms with E-state index in [2.05, 4.69) is 22.2 Å². The first-order valence-corrected chi connectivity index (χ1v) is 7.61. The third kappa shape index (κ3) is 5.22. The van der Waals surface area contributed by atoms with Crippen LogP contribution in [-0.4, -0.2) is 59.3 Å². The zero-order chi connectivity index (χ0) is 14.1. The van der Waals surface area contributed by atoms with Crippen molar-refractivity contribution >= 4 is 23.4 Å². The molecule has 1 aromatic rings. The number of anilines is 2. The Balaban J connectivity index is 2.95. The first-order chi connectivity index (χ1) is 9.24. The van der Waals surface area contributed by atoms with Gasteiger partial charge in [-0.05, 0) is 12.7 Å². The van der Waals surface area contributed by atoms with Crippen LogP contribution in [0.2, 0.25) is 0 Å². The topological polar surface area (TPSA) is 81.5 Å². The number of hydrogen-bond acceptors (Lipinski definition) is 7. The van der Waals surface area contributed by atoms with E-state index < -0.39 is 0 Å². The van der Waals surface area contributed by atoms with E-state index >= 15 is 0 Å². The fraction of sp³-hybridized carbons (Fsp3) is 0.667. The average molecular weight is 286 g/mol. The molecule has 1 rings (SSSR count). The lowest BCUT2D eigenvalue weighted by Gasteiger charge is -2.22. The Bertz CT molecular complexity index is 373. The Morgan fingerprint density at radius 1 is 1.26 bits per heavy atom. The molecule has 0 spiro atoms. The van der Waals surface area contributed by atoms with Crippen LogP contribution in [0.3, 0.4) is 0 Å². The summed E-state index contributed by atoms with van der Waals surface area (Å²) in [5.41, 5.74) is 0. The highest BCUT2D eigenvalue weighted by atomic mass is 32.2. The van der Waals surface area contributed by atoms with Crippen molar-refractivity contribution in [3.8, 4) is 0 Å². The van der Waals surface area contributed by atoms with Crippen molar-refractivity contribution in [2.75, 3.05) is 49.3 Å². The van der Waals surface area contributed by atoms with Crippen LogP contribution >= 0.6 is 11.8 Å². The lowest BCUT2D eigenvalue weighted by Crippen LogP contribution is -2.30. The second-order valence-corrected chi connectivity index (χ2v) is 4.73. The number of aliphatic hydroxyl groups excluding tert-OH is 2. The second-order valence-electron chi connectivity index (χ2n) is 3.96. The van der Waals surface area contributed by atoms with Crippen LogP contribution in [0.15, 0.2) is 11.2 Å². The van der Waals surface area contributed by atoms with Crippen LogP contribution in [0.1, 0.15) is 13.3 Å². The predicted octanol–water partition coefficient (Wildman–Crippen LogP) is 0.811. The summed E-state index contributed by atoms with van der Waals surface area (Å²) in [4.78, 5) is 10.6. The lowest BCUT2D eigenvalue weighted by atomic mass is 10.4. The smallest absolute Gasteiger partial charge is 0.191 e. The Kier molecular flexibility index (Phi) is 7.54. The monoisotopic (exact) mass is 286 g/mol. The first kappa shape index (κ1) is 16.0. The molecule has 0 aliphatic heterocycles. The van der Waals surface area contributed by atoms with Gasteiger partial charge in [0.05, 0.1) is 13.2 Å². The van der Waals surface area contributed by atoms with Gasteiger partial charge in [0.15, 0.2) is 5.16 Å². The van der Waals surface area contributed by atoms with Crippen LogP contribution in [0.25, 0.3) is 0 Å². The minimum Gasteiger partial charge on any atom is -0.395 e. The van der Waals surface area contributed by atoms with Crippen LogP contribution < -0.4 is 10.2 Å². The van der Waals surface area contributed by atoms with Crippen molar-refractivity contribution < 1.29 is 10.2 Å². The van der Waals surface area contributed by atoms with E-state index in [0.29, 0.717) is 18.2 Å². The van der Waals surface area contributed by atoms with Gasteiger partial charge in [0.2, 0.25) is 0 Å². The van der Waals surface area contributed by atoms with E-state index in [1.165, 1.54) is 11.8 Å². The highest BCUT2D eigenvalue weighted by Gasteiger charge is 2.10. The summed E-state index contributed by atoms with van der Waals surface area (Å²) < 4.78 is 0. The van der Waals surface area contributed by atoms with E-state index in [4.69, 9.17) is 10.2 Å². The molecule has 0 unspecified atom stereocenters. The Hall–Kier alpha value is -1.05. The minimum absolute atomic E-state index is 0.0241. The fourth-order valence-electron chi connectivity index (χ4n) is 1.59. The van der Waals surface area contributed by atoms with Gasteiger partial charge in [-0.15, -0.1) is 0 Å². The van der Waals surface area contributed by atoms with Crippen LogP contribution in [0, 0.1) is 0 Å². The summed E-state index contributed by atoms with van der Waals surface area (Å²) in [5, 5.41) is 22.1. The molecule has 0 fully saturated rings. The SMILES string of the molecule is CCCNc1cc(N(CCO)CCO)nc(SC)n1. The quantitative estimate of drug-likeness (QED) is 0.458. The van der Waals surface area contributed by atoms with Crippen molar-refractivity contribution in [1.82, 2.24) is 9.97 Å². The maximum atomic E-state index is 9.07. The molecular weight excluding hydrogens is 264 g/mol. The Morgan fingerprint density at radius 3 is 2.47 bits per heavy atom. The molecule has 1 heterocycles. The van der Waals surface area contributed by atoms with E-state index in [-0.39, 0.29) is 13.2 Å². The molecular formula is C12H22N4O2S. The summed E-state index contributed by atoms with van der Waals surface area (Å²) in [6.45, 7) is 3.88. The number of thioether (sulfide) groups is 1. The molecule has 3 N–H and O–H groups in total. The number of nitrogens with one attached hydrogen (secondary N) is 1. The van der Waals surface area contributed by atoms with Crippen molar-refractivity contribution in [2.45, 2.75) is 18.5 Å². The van der Waals surface area contributed by atoms with Gasteiger partial charge in [-0.25, -0.2) is 9.97 Å². The molecule has 0 bridgehead atoms. The molecule has 108 valence electrons. The van der Waals surface area contributed by atoms with Gasteiger partial charge >= 0.3 is 0 Å². The van der Waals surface area contributed by atoms with Gasteiger partial charge in [-0.2, -0.15) is 0 Å². The molecule has 0 saturated heterocycles. The van der Waals surface area contributed by atoms with Crippen molar-refractivity contribution in [3.05, 3.63) is 6.07 Å². The fourth-order valence-corrected chi connectivity index (χ4v) is 1.97. The van der Waals surface area contributed by atoms with E-state index in [9.17, 15) is 0 Å². The zero-order valence-electron chi connectivity index (χ0n) is 11.5. The molecule has 0 aliphatic carbocycles. The summed E-state index contributed by atoms with van der Waals surface area (Å²) >= 11 is 1.47. The number of hydrogen-bond donors (Lipinski definition) is 3. The van der Waals surface area contributed by atoms with Crippen molar-refractivity contribution in [2.24, 2.45) is 0 Å². The summed E-state index contributed by atoms with van der Waals surface area (Å²) in [6, 6.07) is 1.85. The largest absolute Gasteiger partial charge is 0.395 e. The van der Waals surface area contributed by atoms with Crippen LogP contribution in [0.4, 0.5) is 11.6 Å². The minimum atomic E-state index is 0.0241. The summed E-state index contributed by atoms with van der Waals surface area (Å²) in [7, 11) is 0. The molecule has 0 saturated carbocycles. The highest BCUT2D eigenvalue weighted by Crippen LogP contribution is 2.20. The Morgan fingerprint density at radius 2 is 1.95 bits per heavy atom. The van der Waals surface area contributed by atoms with E-state index in [0.717, 1.165) is 24.6 Å². The highest BCUT2D eigenvalue weighted by molar-refractivity contribution is 7.98. The maximum absolute atomic E-state index is 9.07. The third-order valence-corrected chi connectivity index (χ3v) is 3.04. The van der Waals surface area contributed by atoms with Gasteiger partial charge in [0, 0.05) is 25.7 Å². The molecule has 0 radical (unpaired) electrons. The molecule has 7 heteroatoms. The number of aliphatic hydroxyl groups is 2. The van der Waals surface area contributed by atoms with Gasteiger partial charge in [0.1, 0.15) is 11.6 Å². The van der Waals surface area contributed by atoms with E-state index in [1.807, 2.05) is 17.2 Å². The summed E-state index contributed by atoms with van der Waals surface area (Å²) in [6.07, 6.45) is 2.94. The van der Waals surface area contributed by atoms with Gasteiger partial charge in [-0.3, -0.25) is 0 Å². The lowest BCUT2D eigenvalue weighted by molar-refractivity contribution is 0.280. The summed E-state index contributed by atoms with van der Waals surface area (Å²) in [5.74, 6) is 1.50. The van der Waals surface area contributed by atoms with Gasteiger partial charge < -0.3 is 20.4 Å². The molecule has 0 atom stereocenters. The van der Waals surface area contributed by atoms with Crippen molar-refractivity contribution in [1.29, 1.82) is 0 Å². The van der Waals surface area contributed by atoms with Crippen molar-refractivity contribution in [3.63, 3.8) is 0 Å². The van der Waals surface area contributed by atoms with Gasteiger partial charge in [0.25, 0.3) is 0 Å². The first-order valence-electron chi connectivity index (χ1n) is 6.38. The van der Waals surface area contributed by atoms with Crippen LogP contribution in [0.5, 0.6) is 0 Å². The van der Waals surface area contributed by atoms with Gasteiger partial charge in [-0.1, -0.05) is 18.7 Å². The molecule has 1 aromatic heterocycles. The van der Waals surface area contributed by atoms with Crippen LogP contribution in [-0.2, 0) is 0 Å². The standard InChI is InChI=1S/C12H22N4O2S/c1-3-4-13-10-9-11(15-12(14-10)19-2)16(5-7-17)6-8-18/h9,17-18H,3-8H2,1-2H3,(H,13,14,15). The zero-order valence-corrected chi connectivity index (χ0v) is 12.3. The average Bonchev–Trinajstić information content (AvgIpc) is 2.44. The molecule has 0 aliphatic rings. The number of rotatable bonds is 9. The number of aromatic nitrogens is 2. The number of nitrogens with zero attached hydrogens (tertiary/aromatic N) is 3. The molecule has 19 heavy (non-hydrogen) atoms. The normalized spacial score (nSPS) is 10.5. The molecule has 0 aromatic carbocycles. The van der Waals surface area contributed by atoms with E-state index in [1.54, 1.807) is 0 Å². The molecule has 6 nitrogen and oxygen atoms in total. The molecule has 0 amide bonds.